The highest BCUT2D eigenvalue weighted by molar-refractivity contribution is 5.53. The van der Waals surface area contributed by atoms with E-state index in [1.807, 2.05) is 58.0 Å². The molecule has 122 valence electrons. The van der Waals surface area contributed by atoms with Crippen LogP contribution in [0.4, 0.5) is 0 Å². The Morgan fingerprint density at radius 3 is 2.18 bits per heavy atom. The molecule has 0 aliphatic heterocycles. The molecule has 22 heavy (non-hydrogen) atoms. The first-order valence-electron chi connectivity index (χ1n) is 8.59. The first kappa shape index (κ1) is 18.2. The molecule has 2 aromatic rings. The maximum absolute atomic E-state index is 12.0. The second kappa shape index (κ2) is 9.98. The summed E-state index contributed by atoms with van der Waals surface area (Å²) < 4.78 is 1.64. The van der Waals surface area contributed by atoms with Gasteiger partial charge in [0.05, 0.1) is 6.04 Å². The minimum Gasteiger partial charge on any atom is -0.289 e. The fourth-order valence-electron chi connectivity index (χ4n) is 2.64. The van der Waals surface area contributed by atoms with E-state index in [0.29, 0.717) is 5.82 Å². The Bertz CT molecular complexity index is 566. The second-order valence-corrected chi connectivity index (χ2v) is 4.88. The molecule has 0 radical (unpaired) electrons. The van der Waals surface area contributed by atoms with Gasteiger partial charge in [-0.2, -0.15) is 0 Å². The maximum atomic E-state index is 12.0. The summed E-state index contributed by atoms with van der Waals surface area (Å²) in [6.45, 7) is 8.00. The Hall–Kier alpha value is -1.84. The van der Waals surface area contributed by atoms with Gasteiger partial charge in [0.15, 0.2) is 5.82 Å². The van der Waals surface area contributed by atoms with E-state index < -0.39 is 0 Å². The van der Waals surface area contributed by atoms with E-state index in [2.05, 4.69) is 10.1 Å². The number of H-pyrrole nitrogens is 1. The third-order valence-corrected chi connectivity index (χ3v) is 3.61. The second-order valence-electron chi connectivity index (χ2n) is 4.88. The van der Waals surface area contributed by atoms with Crippen LogP contribution in [0.3, 0.4) is 0 Å². The van der Waals surface area contributed by atoms with Gasteiger partial charge < -0.3 is 0 Å². The van der Waals surface area contributed by atoms with E-state index in [1.54, 1.807) is 4.68 Å². The molecule has 1 aromatic carbocycles. The molecule has 1 saturated carbocycles. The lowest BCUT2D eigenvalue weighted by molar-refractivity contribution is 0.322. The van der Waals surface area contributed by atoms with E-state index in [1.165, 1.54) is 19.3 Å². The van der Waals surface area contributed by atoms with Crippen molar-refractivity contribution in [3.8, 4) is 11.4 Å². The van der Waals surface area contributed by atoms with Gasteiger partial charge >= 0.3 is 5.69 Å². The molecule has 0 atom stereocenters. The molecule has 1 fully saturated rings. The molecule has 0 spiro atoms. The van der Waals surface area contributed by atoms with Crippen LogP contribution in [0.15, 0.2) is 35.1 Å². The quantitative estimate of drug-likeness (QED) is 0.866. The van der Waals surface area contributed by atoms with Crippen molar-refractivity contribution in [3.63, 3.8) is 0 Å². The van der Waals surface area contributed by atoms with Gasteiger partial charge in [-0.1, -0.05) is 77.3 Å². The van der Waals surface area contributed by atoms with Crippen molar-refractivity contribution < 1.29 is 0 Å². The molecule has 1 aromatic heterocycles. The highest BCUT2D eigenvalue weighted by Gasteiger charge is 2.19. The lowest BCUT2D eigenvalue weighted by Gasteiger charge is -2.20. The Kier molecular flexibility index (Phi) is 8.26. The molecule has 4 nitrogen and oxygen atoms in total. The molecular formula is C18H29N3O. The summed E-state index contributed by atoms with van der Waals surface area (Å²) >= 11 is 0. The number of rotatable bonds is 2. The molecule has 1 heterocycles. The average Bonchev–Trinajstić information content (AvgIpc) is 3.02. The standard InChI is InChI=1S/C14H17N3O.2C2H6/c18-14-15-13(11-7-3-1-4-8-11)16-17(14)12-9-5-2-6-10-12;2*1-2/h1,3-4,7-8,12H,2,5-6,9-10H2,(H,15,16,18);2*1-2H3. The van der Waals surface area contributed by atoms with Crippen LogP contribution in [0.1, 0.15) is 65.8 Å². The van der Waals surface area contributed by atoms with Crippen molar-refractivity contribution in [2.45, 2.75) is 65.8 Å². The van der Waals surface area contributed by atoms with Crippen LogP contribution in [-0.2, 0) is 0 Å². The van der Waals surface area contributed by atoms with Crippen molar-refractivity contribution in [3.05, 3.63) is 40.8 Å². The predicted octanol–water partition coefficient (Wildman–Crippen LogP) is 4.80. The van der Waals surface area contributed by atoms with Gasteiger partial charge in [0.1, 0.15) is 0 Å². The smallest absolute Gasteiger partial charge is 0.289 e. The Morgan fingerprint density at radius 2 is 1.59 bits per heavy atom. The Labute approximate surface area is 133 Å². The van der Waals surface area contributed by atoms with E-state index in [9.17, 15) is 4.79 Å². The maximum Gasteiger partial charge on any atom is 0.343 e. The van der Waals surface area contributed by atoms with Crippen molar-refractivity contribution >= 4 is 0 Å². The number of aromatic amines is 1. The minimum absolute atomic E-state index is 0.0826. The Morgan fingerprint density at radius 1 is 1.00 bits per heavy atom. The number of nitrogens with one attached hydrogen (secondary N) is 1. The normalized spacial score (nSPS) is 14.4. The monoisotopic (exact) mass is 303 g/mol. The molecular weight excluding hydrogens is 274 g/mol. The topological polar surface area (TPSA) is 50.7 Å². The molecule has 0 amide bonds. The zero-order chi connectivity index (χ0) is 16.4. The van der Waals surface area contributed by atoms with Gasteiger partial charge in [-0.05, 0) is 12.8 Å². The zero-order valence-corrected chi connectivity index (χ0v) is 14.3. The van der Waals surface area contributed by atoms with E-state index in [4.69, 9.17) is 0 Å². The number of benzene rings is 1. The SMILES string of the molecule is CC.CC.O=c1[nH]c(-c2ccccc2)nn1C1CCCCC1. The summed E-state index contributed by atoms with van der Waals surface area (Å²) in [5.74, 6) is 0.672. The molecule has 1 aliphatic rings. The van der Waals surface area contributed by atoms with Crippen LogP contribution in [-0.4, -0.2) is 14.8 Å². The first-order chi connectivity index (χ1) is 10.8. The van der Waals surface area contributed by atoms with Crippen molar-refractivity contribution in [2.75, 3.05) is 0 Å². The molecule has 0 saturated heterocycles. The largest absolute Gasteiger partial charge is 0.343 e. The van der Waals surface area contributed by atoms with Gasteiger partial charge in [0, 0.05) is 5.56 Å². The van der Waals surface area contributed by atoms with Crippen LogP contribution in [0, 0.1) is 0 Å². The highest BCUT2D eigenvalue weighted by atomic mass is 16.2. The fourth-order valence-corrected chi connectivity index (χ4v) is 2.64. The third kappa shape index (κ3) is 4.58. The summed E-state index contributed by atoms with van der Waals surface area (Å²) in [6.07, 6.45) is 5.81. The van der Waals surface area contributed by atoms with Crippen molar-refractivity contribution in [1.29, 1.82) is 0 Å². The third-order valence-electron chi connectivity index (χ3n) is 3.61. The van der Waals surface area contributed by atoms with E-state index >= 15 is 0 Å². The van der Waals surface area contributed by atoms with Crippen LogP contribution < -0.4 is 5.69 Å². The van der Waals surface area contributed by atoms with E-state index in [-0.39, 0.29) is 11.7 Å². The predicted molar refractivity (Wildman–Crippen MR) is 93.1 cm³/mol. The fraction of sp³-hybridized carbons (Fsp3) is 0.556. The number of nitrogens with zero attached hydrogens (tertiary/aromatic N) is 2. The lowest BCUT2D eigenvalue weighted by atomic mass is 9.96. The van der Waals surface area contributed by atoms with Crippen LogP contribution in [0.2, 0.25) is 0 Å². The van der Waals surface area contributed by atoms with Crippen molar-refractivity contribution in [1.82, 2.24) is 14.8 Å². The van der Waals surface area contributed by atoms with Crippen LogP contribution >= 0.6 is 0 Å². The summed E-state index contributed by atoms with van der Waals surface area (Å²) in [6, 6.07) is 10.1. The van der Waals surface area contributed by atoms with Gasteiger partial charge in [0.25, 0.3) is 0 Å². The van der Waals surface area contributed by atoms with Gasteiger partial charge in [-0.15, -0.1) is 5.10 Å². The number of hydrogen-bond acceptors (Lipinski definition) is 2. The van der Waals surface area contributed by atoms with Crippen LogP contribution in [0.25, 0.3) is 11.4 Å². The zero-order valence-electron chi connectivity index (χ0n) is 14.3. The summed E-state index contributed by atoms with van der Waals surface area (Å²) in [5.41, 5.74) is 0.880. The van der Waals surface area contributed by atoms with Crippen molar-refractivity contribution in [2.24, 2.45) is 0 Å². The van der Waals surface area contributed by atoms with Crippen LogP contribution in [0.5, 0.6) is 0 Å². The summed E-state index contributed by atoms with van der Waals surface area (Å²) in [5, 5.41) is 4.45. The molecule has 1 N–H and O–H groups in total. The minimum atomic E-state index is -0.0826. The number of hydrogen-bond donors (Lipinski definition) is 1. The highest BCUT2D eigenvalue weighted by Crippen LogP contribution is 2.26. The first-order valence-corrected chi connectivity index (χ1v) is 8.59. The Balaban J connectivity index is 0.000000561. The van der Waals surface area contributed by atoms with Gasteiger partial charge in [-0.25, -0.2) is 9.48 Å². The van der Waals surface area contributed by atoms with Gasteiger partial charge in [0.2, 0.25) is 0 Å². The summed E-state index contributed by atoms with van der Waals surface area (Å²) in [4.78, 5) is 14.8. The lowest BCUT2D eigenvalue weighted by Crippen LogP contribution is -2.25. The average molecular weight is 303 g/mol. The van der Waals surface area contributed by atoms with E-state index in [0.717, 1.165) is 18.4 Å². The molecule has 4 heteroatoms. The molecule has 1 aliphatic carbocycles. The summed E-state index contributed by atoms with van der Waals surface area (Å²) in [7, 11) is 0. The number of aromatic nitrogens is 3. The van der Waals surface area contributed by atoms with Gasteiger partial charge in [-0.3, -0.25) is 4.98 Å². The molecule has 0 unspecified atom stereocenters. The molecule has 3 rings (SSSR count). The molecule has 0 bridgehead atoms.